The standard InChI is InChI=1S/C23H28N4O3/c1-4-5-6-14-29-19-11-9-17(10-12-19)22(28)25-20(16(2)3)23-26-21(27-30-23)18-8-7-13-24-15-18/h7-13,15-16,20H,4-6,14H2,1-3H3,(H,25,28). The molecule has 1 N–H and O–H groups in total. The molecule has 0 aliphatic carbocycles. The van der Waals surface area contributed by atoms with E-state index in [9.17, 15) is 4.79 Å². The van der Waals surface area contributed by atoms with Crippen LogP contribution in [0, 0.1) is 5.92 Å². The van der Waals surface area contributed by atoms with Crippen LogP contribution in [0.1, 0.15) is 62.3 Å². The molecule has 158 valence electrons. The van der Waals surface area contributed by atoms with Gasteiger partial charge >= 0.3 is 0 Å². The zero-order valence-corrected chi connectivity index (χ0v) is 17.7. The first-order valence-corrected chi connectivity index (χ1v) is 10.4. The van der Waals surface area contributed by atoms with Gasteiger partial charge in [0.25, 0.3) is 5.91 Å². The molecule has 0 saturated heterocycles. The maximum absolute atomic E-state index is 12.8. The average Bonchev–Trinajstić information content (AvgIpc) is 3.25. The van der Waals surface area contributed by atoms with Crippen LogP contribution in [0.5, 0.6) is 5.75 Å². The van der Waals surface area contributed by atoms with Gasteiger partial charge in [-0.3, -0.25) is 9.78 Å². The van der Waals surface area contributed by atoms with Gasteiger partial charge in [0.05, 0.1) is 6.61 Å². The molecule has 30 heavy (non-hydrogen) atoms. The van der Waals surface area contributed by atoms with Gasteiger partial charge in [0.2, 0.25) is 11.7 Å². The summed E-state index contributed by atoms with van der Waals surface area (Å²) in [6, 6.07) is 10.4. The van der Waals surface area contributed by atoms with Gasteiger partial charge in [0.1, 0.15) is 11.8 Å². The van der Waals surface area contributed by atoms with Gasteiger partial charge in [-0.25, -0.2) is 0 Å². The Kier molecular flexibility index (Phi) is 7.54. The molecule has 7 heteroatoms. The Bertz CT molecular complexity index is 923. The van der Waals surface area contributed by atoms with Crippen molar-refractivity contribution in [2.24, 2.45) is 5.92 Å². The van der Waals surface area contributed by atoms with Gasteiger partial charge < -0.3 is 14.6 Å². The lowest BCUT2D eigenvalue weighted by molar-refractivity contribution is 0.0914. The summed E-state index contributed by atoms with van der Waals surface area (Å²) in [5, 5.41) is 7.03. The minimum absolute atomic E-state index is 0.0670. The van der Waals surface area contributed by atoms with Crippen LogP contribution < -0.4 is 10.1 Å². The third-order valence-corrected chi connectivity index (χ3v) is 4.71. The number of hydrogen-bond acceptors (Lipinski definition) is 6. The number of nitrogens with one attached hydrogen (secondary N) is 1. The van der Waals surface area contributed by atoms with Crippen molar-refractivity contribution >= 4 is 5.91 Å². The van der Waals surface area contributed by atoms with Crippen molar-refractivity contribution in [2.45, 2.75) is 46.1 Å². The fourth-order valence-electron chi connectivity index (χ4n) is 2.96. The van der Waals surface area contributed by atoms with Crippen LogP contribution >= 0.6 is 0 Å². The summed E-state index contributed by atoms with van der Waals surface area (Å²) in [5.74, 6) is 1.45. The van der Waals surface area contributed by atoms with Crippen LogP contribution in [-0.4, -0.2) is 27.6 Å². The SMILES string of the molecule is CCCCCOc1ccc(C(=O)NC(c2nc(-c3cccnc3)no2)C(C)C)cc1. The number of carbonyl (C=O) groups excluding carboxylic acids is 1. The van der Waals surface area contributed by atoms with E-state index >= 15 is 0 Å². The summed E-state index contributed by atoms with van der Waals surface area (Å²) in [7, 11) is 0. The smallest absolute Gasteiger partial charge is 0.251 e. The van der Waals surface area contributed by atoms with Crippen LogP contribution in [0.15, 0.2) is 53.3 Å². The summed E-state index contributed by atoms with van der Waals surface area (Å²) in [5.41, 5.74) is 1.31. The van der Waals surface area contributed by atoms with Crippen LogP contribution in [0.2, 0.25) is 0 Å². The van der Waals surface area contributed by atoms with E-state index in [-0.39, 0.29) is 11.8 Å². The third-order valence-electron chi connectivity index (χ3n) is 4.71. The zero-order valence-electron chi connectivity index (χ0n) is 17.7. The highest BCUT2D eigenvalue weighted by molar-refractivity contribution is 5.94. The fraction of sp³-hybridized carbons (Fsp3) is 0.391. The molecule has 7 nitrogen and oxygen atoms in total. The number of rotatable bonds is 10. The molecule has 2 heterocycles. The Hall–Kier alpha value is -3.22. The van der Waals surface area contributed by atoms with Gasteiger partial charge in [-0.15, -0.1) is 0 Å². The van der Waals surface area contributed by atoms with E-state index in [1.54, 1.807) is 24.5 Å². The number of carbonyl (C=O) groups is 1. The quantitative estimate of drug-likeness (QED) is 0.483. The molecule has 2 aromatic heterocycles. The number of aromatic nitrogens is 3. The van der Waals surface area contributed by atoms with Crippen molar-refractivity contribution in [1.29, 1.82) is 0 Å². The Morgan fingerprint density at radius 3 is 2.63 bits per heavy atom. The summed E-state index contributed by atoms with van der Waals surface area (Å²) in [4.78, 5) is 21.3. The van der Waals surface area contributed by atoms with Crippen LogP contribution in [0.4, 0.5) is 0 Å². The number of unbranched alkanes of at least 4 members (excludes halogenated alkanes) is 2. The van der Waals surface area contributed by atoms with Crippen LogP contribution in [0.25, 0.3) is 11.4 Å². The highest BCUT2D eigenvalue weighted by Gasteiger charge is 2.25. The highest BCUT2D eigenvalue weighted by atomic mass is 16.5. The van der Waals surface area contributed by atoms with E-state index in [1.807, 2.05) is 38.1 Å². The Labute approximate surface area is 176 Å². The molecule has 0 fully saturated rings. The van der Waals surface area contributed by atoms with E-state index in [4.69, 9.17) is 9.26 Å². The molecule has 0 radical (unpaired) electrons. The van der Waals surface area contributed by atoms with Crippen LogP contribution in [0.3, 0.4) is 0 Å². The molecular weight excluding hydrogens is 380 g/mol. The summed E-state index contributed by atoms with van der Waals surface area (Å²) < 4.78 is 11.1. The molecule has 0 spiro atoms. The molecule has 0 aliphatic rings. The lowest BCUT2D eigenvalue weighted by atomic mass is 10.0. The van der Waals surface area contributed by atoms with E-state index in [1.165, 1.54) is 0 Å². The molecule has 3 rings (SSSR count). The van der Waals surface area contributed by atoms with E-state index in [0.29, 0.717) is 23.9 Å². The molecule has 3 aromatic rings. The normalized spacial score (nSPS) is 12.0. The zero-order chi connectivity index (χ0) is 21.3. The molecule has 0 aliphatic heterocycles. The van der Waals surface area contributed by atoms with E-state index in [0.717, 1.165) is 30.6 Å². The Morgan fingerprint density at radius 2 is 1.97 bits per heavy atom. The second-order valence-electron chi connectivity index (χ2n) is 7.47. The molecule has 0 saturated carbocycles. The molecule has 1 amide bonds. The minimum atomic E-state index is -0.402. The van der Waals surface area contributed by atoms with Gasteiger partial charge in [-0.2, -0.15) is 4.98 Å². The van der Waals surface area contributed by atoms with Crippen molar-refractivity contribution in [3.63, 3.8) is 0 Å². The van der Waals surface area contributed by atoms with Crippen molar-refractivity contribution < 1.29 is 14.1 Å². The first-order valence-electron chi connectivity index (χ1n) is 10.4. The number of amides is 1. The first kappa shape index (κ1) is 21.5. The minimum Gasteiger partial charge on any atom is -0.494 e. The van der Waals surface area contributed by atoms with E-state index < -0.39 is 6.04 Å². The number of nitrogens with zero attached hydrogens (tertiary/aromatic N) is 3. The van der Waals surface area contributed by atoms with Crippen LogP contribution in [-0.2, 0) is 0 Å². The molecule has 0 bridgehead atoms. The number of benzene rings is 1. The van der Waals surface area contributed by atoms with E-state index in [2.05, 4.69) is 27.4 Å². The predicted octanol–water partition coefficient (Wildman–Crippen LogP) is 4.83. The topological polar surface area (TPSA) is 90.1 Å². The second-order valence-corrected chi connectivity index (χ2v) is 7.47. The molecule has 1 unspecified atom stereocenters. The molecular formula is C23H28N4O3. The largest absolute Gasteiger partial charge is 0.494 e. The maximum Gasteiger partial charge on any atom is 0.251 e. The lowest BCUT2D eigenvalue weighted by Gasteiger charge is -2.18. The third kappa shape index (κ3) is 5.65. The molecule has 1 atom stereocenters. The highest BCUT2D eigenvalue weighted by Crippen LogP contribution is 2.24. The molecule has 1 aromatic carbocycles. The maximum atomic E-state index is 12.8. The lowest BCUT2D eigenvalue weighted by Crippen LogP contribution is -2.32. The number of ether oxygens (including phenoxy) is 1. The fourth-order valence-corrected chi connectivity index (χ4v) is 2.96. The van der Waals surface area contributed by atoms with Crippen molar-refractivity contribution in [1.82, 2.24) is 20.4 Å². The Morgan fingerprint density at radius 1 is 1.17 bits per heavy atom. The van der Waals surface area contributed by atoms with Gasteiger partial charge in [0.15, 0.2) is 0 Å². The predicted molar refractivity (Wildman–Crippen MR) is 114 cm³/mol. The monoisotopic (exact) mass is 408 g/mol. The first-order chi connectivity index (χ1) is 14.6. The Balaban J connectivity index is 1.65. The average molecular weight is 409 g/mol. The van der Waals surface area contributed by atoms with Crippen molar-refractivity contribution in [2.75, 3.05) is 6.61 Å². The summed E-state index contributed by atoms with van der Waals surface area (Å²) in [6.45, 7) is 6.83. The van der Waals surface area contributed by atoms with Crippen molar-refractivity contribution in [3.8, 4) is 17.1 Å². The second kappa shape index (κ2) is 10.5. The van der Waals surface area contributed by atoms with Gasteiger partial charge in [0, 0.05) is 23.5 Å². The summed E-state index contributed by atoms with van der Waals surface area (Å²) >= 11 is 0. The van der Waals surface area contributed by atoms with Crippen molar-refractivity contribution in [3.05, 3.63) is 60.2 Å². The van der Waals surface area contributed by atoms with Gasteiger partial charge in [-0.1, -0.05) is 38.8 Å². The van der Waals surface area contributed by atoms with Gasteiger partial charge in [-0.05, 0) is 48.7 Å². The summed E-state index contributed by atoms with van der Waals surface area (Å²) in [6.07, 6.45) is 6.69. The number of pyridine rings is 1. The number of hydrogen-bond donors (Lipinski definition) is 1.